The summed E-state index contributed by atoms with van der Waals surface area (Å²) in [6.45, 7) is 2.17. The van der Waals surface area contributed by atoms with E-state index in [-0.39, 0.29) is 12.1 Å². The molecule has 7 heteroatoms. The van der Waals surface area contributed by atoms with Crippen molar-refractivity contribution in [2.24, 2.45) is 0 Å². The molecule has 0 unspecified atom stereocenters. The van der Waals surface area contributed by atoms with Gasteiger partial charge in [0.25, 0.3) is 11.5 Å². The van der Waals surface area contributed by atoms with E-state index in [1.807, 2.05) is 31.2 Å². The molecule has 0 fully saturated rings. The third-order valence-electron chi connectivity index (χ3n) is 3.98. The topological polar surface area (TPSA) is 51.1 Å². The average molecular weight is 372 g/mol. The van der Waals surface area contributed by atoms with Crippen LogP contribution in [0.3, 0.4) is 0 Å². The first-order valence-electron chi connectivity index (χ1n) is 8.06. The first-order valence-corrected chi connectivity index (χ1v) is 8.06. The first kappa shape index (κ1) is 18.4. The lowest BCUT2D eigenvalue weighted by molar-refractivity contribution is 0.102. The molecule has 0 aliphatic carbocycles. The van der Waals surface area contributed by atoms with Crippen LogP contribution >= 0.6 is 0 Å². The number of benzene rings is 2. The number of halogens is 3. The highest BCUT2D eigenvalue weighted by atomic mass is 19.2. The monoisotopic (exact) mass is 372 g/mol. The Morgan fingerprint density at radius 3 is 2.56 bits per heavy atom. The predicted molar refractivity (Wildman–Crippen MR) is 95.3 cm³/mol. The second kappa shape index (κ2) is 7.49. The summed E-state index contributed by atoms with van der Waals surface area (Å²) in [5.74, 6) is -5.51. The average Bonchev–Trinajstić information content (AvgIpc) is 2.64. The summed E-state index contributed by atoms with van der Waals surface area (Å²) in [6.07, 6.45) is 1.53. The molecule has 0 radical (unpaired) electrons. The number of amides is 1. The smallest absolute Gasteiger partial charge is 0.263 e. The van der Waals surface area contributed by atoms with Gasteiger partial charge in [0.15, 0.2) is 17.5 Å². The van der Waals surface area contributed by atoms with Gasteiger partial charge in [-0.15, -0.1) is 0 Å². The number of pyridine rings is 1. The van der Waals surface area contributed by atoms with E-state index in [0.29, 0.717) is 6.07 Å². The Morgan fingerprint density at radius 2 is 1.81 bits per heavy atom. The zero-order chi connectivity index (χ0) is 19.6. The molecule has 138 valence electrons. The molecule has 2 aromatic carbocycles. The number of nitrogens with one attached hydrogen (secondary N) is 1. The molecular weight excluding hydrogens is 357 g/mol. The molecule has 0 aliphatic heterocycles. The summed E-state index contributed by atoms with van der Waals surface area (Å²) >= 11 is 0. The Labute approximate surface area is 152 Å². The van der Waals surface area contributed by atoms with Gasteiger partial charge in [0, 0.05) is 6.20 Å². The summed E-state index contributed by atoms with van der Waals surface area (Å²) < 4.78 is 41.4. The molecule has 0 atom stereocenters. The Hall–Kier alpha value is -3.35. The van der Waals surface area contributed by atoms with Gasteiger partial charge in [0.2, 0.25) is 0 Å². The molecule has 27 heavy (non-hydrogen) atoms. The van der Waals surface area contributed by atoms with Crippen molar-refractivity contribution in [3.8, 4) is 0 Å². The van der Waals surface area contributed by atoms with Crippen molar-refractivity contribution in [1.29, 1.82) is 0 Å². The van der Waals surface area contributed by atoms with E-state index in [4.69, 9.17) is 0 Å². The van der Waals surface area contributed by atoms with Gasteiger partial charge in [0.1, 0.15) is 5.56 Å². The van der Waals surface area contributed by atoms with Crippen molar-refractivity contribution >= 4 is 11.6 Å². The van der Waals surface area contributed by atoms with Gasteiger partial charge in [-0.1, -0.05) is 29.8 Å². The minimum absolute atomic E-state index is 0.241. The summed E-state index contributed by atoms with van der Waals surface area (Å²) in [5, 5.41) is 2.10. The van der Waals surface area contributed by atoms with Gasteiger partial charge < -0.3 is 9.88 Å². The van der Waals surface area contributed by atoms with Crippen LogP contribution in [0.25, 0.3) is 0 Å². The van der Waals surface area contributed by atoms with Crippen LogP contribution in [0.15, 0.2) is 59.5 Å². The molecule has 0 spiro atoms. The van der Waals surface area contributed by atoms with Crippen LogP contribution < -0.4 is 10.9 Å². The minimum Gasteiger partial charge on any atom is -0.319 e. The highest BCUT2D eigenvalue weighted by Gasteiger charge is 2.18. The number of nitrogens with zero attached hydrogens (tertiary/aromatic N) is 1. The molecule has 1 N–H and O–H groups in total. The Bertz CT molecular complexity index is 1080. The molecule has 0 saturated heterocycles. The van der Waals surface area contributed by atoms with E-state index in [0.717, 1.165) is 17.2 Å². The lowest BCUT2D eigenvalue weighted by atomic mass is 10.1. The molecule has 0 saturated carbocycles. The van der Waals surface area contributed by atoms with Crippen LogP contribution in [-0.2, 0) is 6.54 Å². The minimum atomic E-state index is -1.70. The maximum Gasteiger partial charge on any atom is 0.263 e. The number of carbonyl (C=O) groups is 1. The molecule has 3 rings (SSSR count). The summed E-state index contributed by atoms with van der Waals surface area (Å²) in [5.41, 5.74) is 0.533. The van der Waals surface area contributed by atoms with Crippen LogP contribution in [0.5, 0.6) is 0 Å². The number of aryl methyl sites for hydroxylation is 1. The fourth-order valence-electron chi connectivity index (χ4n) is 2.65. The van der Waals surface area contributed by atoms with E-state index < -0.39 is 34.6 Å². The van der Waals surface area contributed by atoms with Gasteiger partial charge in [-0.3, -0.25) is 9.59 Å². The third kappa shape index (κ3) is 3.92. The van der Waals surface area contributed by atoms with Crippen molar-refractivity contribution in [3.63, 3.8) is 0 Å². The van der Waals surface area contributed by atoms with E-state index in [9.17, 15) is 22.8 Å². The molecule has 1 aromatic heterocycles. The third-order valence-corrected chi connectivity index (χ3v) is 3.98. The van der Waals surface area contributed by atoms with E-state index >= 15 is 0 Å². The zero-order valence-electron chi connectivity index (χ0n) is 14.3. The fourth-order valence-corrected chi connectivity index (χ4v) is 2.65. The first-order chi connectivity index (χ1) is 12.9. The number of aromatic nitrogens is 1. The number of hydrogen-bond donors (Lipinski definition) is 1. The predicted octanol–water partition coefficient (Wildman–Crippen LogP) is 3.87. The maximum atomic E-state index is 13.7. The molecule has 1 amide bonds. The van der Waals surface area contributed by atoms with Gasteiger partial charge in [0.05, 0.1) is 12.2 Å². The highest BCUT2D eigenvalue weighted by molar-refractivity contribution is 6.04. The quantitative estimate of drug-likeness (QED) is 0.707. The molecule has 0 aliphatic rings. The molecule has 4 nitrogen and oxygen atoms in total. The number of rotatable bonds is 4. The summed E-state index contributed by atoms with van der Waals surface area (Å²) in [7, 11) is 0. The molecule has 3 aromatic rings. The van der Waals surface area contributed by atoms with E-state index in [1.165, 1.54) is 22.9 Å². The standard InChI is InChI=1S/C20H15F3N2O2/c1-12-4-2-5-13(10-12)11-25-9-3-6-14(20(25)27)19(26)24-16-8-7-15(21)17(22)18(16)23/h2-10H,11H2,1H3,(H,24,26). The van der Waals surface area contributed by atoms with E-state index in [1.54, 1.807) is 0 Å². The highest BCUT2D eigenvalue weighted by Crippen LogP contribution is 2.20. The number of hydrogen-bond acceptors (Lipinski definition) is 2. The number of carbonyl (C=O) groups excluding carboxylic acids is 1. The normalized spacial score (nSPS) is 10.7. The molecule has 1 heterocycles. The lowest BCUT2D eigenvalue weighted by Gasteiger charge is -2.10. The maximum absolute atomic E-state index is 13.7. The summed E-state index contributed by atoms with van der Waals surface area (Å²) in [6, 6.07) is 11.9. The SMILES string of the molecule is Cc1cccc(Cn2cccc(C(=O)Nc3ccc(F)c(F)c3F)c2=O)c1. The second-order valence-corrected chi connectivity index (χ2v) is 6.02. The lowest BCUT2D eigenvalue weighted by Crippen LogP contribution is -2.29. The second-order valence-electron chi connectivity index (χ2n) is 6.02. The van der Waals surface area contributed by atoms with Gasteiger partial charge in [-0.2, -0.15) is 0 Å². The Balaban J connectivity index is 1.88. The van der Waals surface area contributed by atoms with Crippen LogP contribution in [0.2, 0.25) is 0 Å². The van der Waals surface area contributed by atoms with Crippen molar-refractivity contribution < 1.29 is 18.0 Å². The van der Waals surface area contributed by atoms with Crippen LogP contribution in [0, 0.1) is 24.4 Å². The fraction of sp³-hybridized carbons (Fsp3) is 0.100. The molecule has 0 bridgehead atoms. The van der Waals surface area contributed by atoms with Crippen LogP contribution in [0.4, 0.5) is 18.9 Å². The zero-order valence-corrected chi connectivity index (χ0v) is 14.3. The van der Waals surface area contributed by atoms with Crippen molar-refractivity contribution in [2.75, 3.05) is 5.32 Å². The van der Waals surface area contributed by atoms with Gasteiger partial charge in [-0.05, 0) is 36.8 Å². The Morgan fingerprint density at radius 1 is 1.04 bits per heavy atom. The largest absolute Gasteiger partial charge is 0.319 e. The Kier molecular flexibility index (Phi) is 5.12. The summed E-state index contributed by atoms with van der Waals surface area (Å²) in [4.78, 5) is 24.9. The molecular formula is C20H15F3N2O2. The van der Waals surface area contributed by atoms with Crippen LogP contribution in [0.1, 0.15) is 21.5 Å². The van der Waals surface area contributed by atoms with Crippen molar-refractivity contribution in [2.45, 2.75) is 13.5 Å². The van der Waals surface area contributed by atoms with Crippen molar-refractivity contribution in [1.82, 2.24) is 4.57 Å². The van der Waals surface area contributed by atoms with Gasteiger partial charge in [-0.25, -0.2) is 13.2 Å². The van der Waals surface area contributed by atoms with Gasteiger partial charge >= 0.3 is 0 Å². The van der Waals surface area contributed by atoms with Crippen molar-refractivity contribution in [3.05, 3.63) is 99.2 Å². The number of anilines is 1. The van der Waals surface area contributed by atoms with E-state index in [2.05, 4.69) is 5.32 Å². The van der Waals surface area contributed by atoms with Crippen LogP contribution in [-0.4, -0.2) is 10.5 Å².